The first kappa shape index (κ1) is 13.4. The summed E-state index contributed by atoms with van der Waals surface area (Å²) in [7, 11) is 0. The molecule has 6 heteroatoms. The molecule has 1 aromatic heterocycles. The Hall–Kier alpha value is -2.08. The van der Waals surface area contributed by atoms with Crippen molar-refractivity contribution in [2.75, 3.05) is 0 Å². The smallest absolute Gasteiger partial charge is 0.430 e. The molecule has 1 unspecified atom stereocenters. The van der Waals surface area contributed by atoms with Crippen LogP contribution in [0.25, 0.3) is 0 Å². The zero-order valence-corrected chi connectivity index (χ0v) is 9.63. The van der Waals surface area contributed by atoms with E-state index in [2.05, 4.69) is 9.72 Å². The zero-order valence-electron chi connectivity index (χ0n) is 9.63. The van der Waals surface area contributed by atoms with Crippen LogP contribution in [-0.2, 0) is 5.85 Å². The van der Waals surface area contributed by atoms with Gasteiger partial charge in [-0.15, -0.1) is 0 Å². The molecule has 0 saturated heterocycles. The van der Waals surface area contributed by atoms with Gasteiger partial charge in [0.2, 0.25) is 0 Å². The number of rotatable bonds is 4. The van der Waals surface area contributed by atoms with Crippen molar-refractivity contribution in [2.24, 2.45) is 0 Å². The second-order valence-corrected chi connectivity index (χ2v) is 3.77. The van der Waals surface area contributed by atoms with Crippen LogP contribution in [0.15, 0.2) is 54.7 Å². The Morgan fingerprint density at radius 1 is 0.947 bits per heavy atom. The van der Waals surface area contributed by atoms with Crippen LogP contribution in [0.5, 0.6) is 5.75 Å². The lowest BCUT2D eigenvalue weighted by Gasteiger charge is -2.29. The monoisotopic (exact) mass is 269 g/mol. The average molecular weight is 269 g/mol. The van der Waals surface area contributed by atoms with Gasteiger partial charge in [0.1, 0.15) is 11.4 Å². The molecule has 1 heterocycles. The molecule has 0 radical (unpaired) electrons. The fraction of sp³-hybridized carbons (Fsp3) is 0.154. The van der Waals surface area contributed by atoms with Crippen LogP contribution in [0, 0.1) is 0 Å². The normalized spacial score (nSPS) is 14.7. The number of hydrogen-bond donors (Lipinski definition) is 1. The van der Waals surface area contributed by atoms with Gasteiger partial charge in [-0.2, -0.15) is 13.2 Å². The van der Waals surface area contributed by atoms with E-state index in [9.17, 15) is 13.2 Å². The molecule has 0 saturated carbocycles. The van der Waals surface area contributed by atoms with E-state index < -0.39 is 17.7 Å². The second-order valence-electron chi connectivity index (χ2n) is 3.77. The summed E-state index contributed by atoms with van der Waals surface area (Å²) in [6.07, 6.45) is -3.61. The van der Waals surface area contributed by atoms with Crippen LogP contribution in [0.4, 0.5) is 13.2 Å². The first-order valence-electron chi connectivity index (χ1n) is 5.38. The minimum atomic E-state index is -4.74. The maximum Gasteiger partial charge on any atom is 0.430 e. The number of halogens is 3. The summed E-state index contributed by atoms with van der Waals surface area (Å²) < 4.78 is 45.4. The van der Waals surface area contributed by atoms with Crippen molar-refractivity contribution in [2.45, 2.75) is 12.0 Å². The Kier molecular flexibility index (Phi) is 3.44. The van der Waals surface area contributed by atoms with Crippen LogP contribution in [0.1, 0.15) is 5.69 Å². The topological polar surface area (TPSA) is 42.4 Å². The number of aromatic nitrogens is 1. The number of benzene rings is 1. The number of aliphatic hydroxyl groups is 1. The first-order chi connectivity index (χ1) is 8.93. The lowest BCUT2D eigenvalue weighted by molar-refractivity contribution is -0.350. The lowest BCUT2D eigenvalue weighted by Crippen LogP contribution is -2.47. The van der Waals surface area contributed by atoms with E-state index in [1.165, 1.54) is 36.4 Å². The fourth-order valence-electron chi connectivity index (χ4n) is 1.47. The summed E-state index contributed by atoms with van der Waals surface area (Å²) in [5.74, 6) is -3.90. The number of ether oxygens (including phenoxy) is 1. The van der Waals surface area contributed by atoms with Gasteiger partial charge in [0, 0.05) is 6.20 Å². The van der Waals surface area contributed by atoms with E-state index in [1.54, 1.807) is 6.07 Å². The highest BCUT2D eigenvalue weighted by molar-refractivity contribution is 5.24. The van der Waals surface area contributed by atoms with Gasteiger partial charge >= 0.3 is 12.0 Å². The molecule has 0 spiro atoms. The van der Waals surface area contributed by atoms with Gasteiger partial charge in [0.05, 0.1) is 0 Å². The highest BCUT2D eigenvalue weighted by Gasteiger charge is 2.59. The Balaban J connectivity index is 2.42. The molecule has 0 aliphatic heterocycles. The lowest BCUT2D eigenvalue weighted by atomic mass is 10.1. The van der Waals surface area contributed by atoms with E-state index >= 15 is 0 Å². The molecule has 1 aromatic carbocycles. The van der Waals surface area contributed by atoms with Gasteiger partial charge in [-0.3, -0.25) is 4.98 Å². The molecular formula is C13H10F3NO2. The van der Waals surface area contributed by atoms with Crippen molar-refractivity contribution in [3.05, 3.63) is 60.4 Å². The van der Waals surface area contributed by atoms with Crippen molar-refractivity contribution in [3.8, 4) is 5.75 Å². The molecule has 1 N–H and O–H groups in total. The van der Waals surface area contributed by atoms with E-state index in [0.717, 1.165) is 12.3 Å². The van der Waals surface area contributed by atoms with Crippen LogP contribution in [0.3, 0.4) is 0 Å². The minimum Gasteiger partial charge on any atom is -0.446 e. The number of hydrogen-bond acceptors (Lipinski definition) is 3. The predicted octanol–water partition coefficient (Wildman–Crippen LogP) is 2.87. The largest absolute Gasteiger partial charge is 0.446 e. The maximum absolute atomic E-state index is 14.4. The number of alkyl halides is 3. The minimum absolute atomic E-state index is 0.149. The molecule has 2 rings (SSSR count). The zero-order chi connectivity index (χ0) is 13.9. The van der Waals surface area contributed by atoms with Crippen molar-refractivity contribution < 1.29 is 23.0 Å². The van der Waals surface area contributed by atoms with Gasteiger partial charge in [-0.05, 0) is 24.3 Å². The van der Waals surface area contributed by atoms with Gasteiger partial charge in [-0.25, -0.2) is 0 Å². The van der Waals surface area contributed by atoms with Crippen LogP contribution in [-0.4, -0.2) is 16.2 Å². The highest BCUT2D eigenvalue weighted by Crippen LogP contribution is 2.40. The highest BCUT2D eigenvalue weighted by atomic mass is 19.3. The summed E-state index contributed by atoms with van der Waals surface area (Å²) >= 11 is 0. The van der Waals surface area contributed by atoms with E-state index in [1.807, 2.05) is 0 Å². The van der Waals surface area contributed by atoms with Crippen LogP contribution in [0.2, 0.25) is 0 Å². The molecule has 0 bridgehead atoms. The molecule has 0 amide bonds. The molecule has 100 valence electrons. The number of pyridine rings is 1. The van der Waals surface area contributed by atoms with Crippen molar-refractivity contribution in [1.29, 1.82) is 0 Å². The molecule has 1 atom stereocenters. The second kappa shape index (κ2) is 4.89. The Morgan fingerprint density at radius 3 is 2.11 bits per heavy atom. The van der Waals surface area contributed by atoms with Crippen LogP contribution >= 0.6 is 0 Å². The molecular weight excluding hydrogens is 259 g/mol. The Morgan fingerprint density at radius 2 is 1.58 bits per heavy atom. The van der Waals surface area contributed by atoms with Gasteiger partial charge in [-0.1, -0.05) is 24.3 Å². The Bertz CT molecular complexity index is 531. The van der Waals surface area contributed by atoms with Crippen molar-refractivity contribution in [1.82, 2.24) is 4.98 Å². The SMILES string of the molecule is OC(F)(F)C(F)(Oc1ccccc1)c1ccccn1. The first-order valence-corrected chi connectivity index (χ1v) is 5.38. The summed E-state index contributed by atoms with van der Waals surface area (Å²) in [5, 5.41) is 8.78. The number of nitrogens with zero attached hydrogens (tertiary/aromatic N) is 1. The molecule has 19 heavy (non-hydrogen) atoms. The molecule has 3 nitrogen and oxygen atoms in total. The predicted molar refractivity (Wildman–Crippen MR) is 61.3 cm³/mol. The standard InChI is InChI=1S/C13H10F3NO2/c14-12(13(15,16)18,11-8-4-5-9-17-11)19-10-6-2-1-3-7-10/h1-9,18H. The third-order valence-electron chi connectivity index (χ3n) is 2.38. The molecule has 0 aliphatic carbocycles. The summed E-state index contributed by atoms with van der Waals surface area (Å²) in [4.78, 5) is 3.47. The summed E-state index contributed by atoms with van der Waals surface area (Å²) in [6.45, 7) is 0. The van der Waals surface area contributed by atoms with E-state index in [4.69, 9.17) is 5.11 Å². The maximum atomic E-state index is 14.4. The average Bonchev–Trinajstić information content (AvgIpc) is 2.39. The third kappa shape index (κ3) is 2.68. The molecule has 0 fully saturated rings. The quantitative estimate of drug-likeness (QED) is 0.928. The number of para-hydroxylation sites is 1. The van der Waals surface area contributed by atoms with Gasteiger partial charge in [0.15, 0.2) is 0 Å². The summed E-state index contributed by atoms with van der Waals surface area (Å²) in [6, 6.07) is 10.9. The molecule has 2 aromatic rings. The van der Waals surface area contributed by atoms with Gasteiger partial charge < -0.3 is 9.84 Å². The fourth-order valence-corrected chi connectivity index (χ4v) is 1.47. The third-order valence-corrected chi connectivity index (χ3v) is 2.38. The summed E-state index contributed by atoms with van der Waals surface area (Å²) in [5.41, 5.74) is -0.716. The van der Waals surface area contributed by atoms with Crippen LogP contribution < -0.4 is 4.74 Å². The van der Waals surface area contributed by atoms with Gasteiger partial charge in [0.25, 0.3) is 0 Å². The van der Waals surface area contributed by atoms with Crippen molar-refractivity contribution in [3.63, 3.8) is 0 Å². The van der Waals surface area contributed by atoms with Crippen molar-refractivity contribution >= 4 is 0 Å². The van der Waals surface area contributed by atoms with E-state index in [-0.39, 0.29) is 5.75 Å². The Labute approximate surface area is 107 Å². The van der Waals surface area contributed by atoms with E-state index in [0.29, 0.717) is 0 Å². The molecule has 0 aliphatic rings.